The third kappa shape index (κ3) is 16.8. The summed E-state index contributed by atoms with van der Waals surface area (Å²) in [6, 6.07) is 0. The van der Waals surface area contributed by atoms with Crippen LogP contribution in [0.15, 0.2) is 0 Å². The maximum Gasteiger partial charge on any atom is 0.472 e. The zero-order valence-corrected chi connectivity index (χ0v) is 30.4. The zero-order chi connectivity index (χ0) is 36.9. The van der Waals surface area contributed by atoms with Gasteiger partial charge in [-0.05, 0) is 6.42 Å². The molecule has 298 valence electrons. The molecule has 2 fully saturated rings. The predicted molar refractivity (Wildman–Crippen MR) is 180 cm³/mol. The summed E-state index contributed by atoms with van der Waals surface area (Å²) in [7, 11) is -4.71. The van der Waals surface area contributed by atoms with Crippen LogP contribution in [0.3, 0.4) is 0 Å². The summed E-state index contributed by atoms with van der Waals surface area (Å²) in [5.74, 6) is 0. The first-order valence-electron chi connectivity index (χ1n) is 18.5. The fourth-order valence-corrected chi connectivity index (χ4v) is 6.89. The molecule has 2 heterocycles. The number of hydrogen-bond donors (Lipinski definition) is 9. The maximum absolute atomic E-state index is 12.8. The lowest BCUT2D eigenvalue weighted by atomic mass is 9.99. The zero-order valence-electron chi connectivity index (χ0n) is 29.5. The van der Waals surface area contributed by atoms with Gasteiger partial charge in [0.25, 0.3) is 0 Å². The van der Waals surface area contributed by atoms with Crippen LogP contribution in [-0.4, -0.2) is 146 Å². The number of unbranched alkanes of at least 4 members (excludes halogenated alkanes) is 15. The molecule has 0 aromatic carbocycles. The number of hydrogen-bond acceptors (Lipinski definition) is 15. The standard InChI is InChI=1S/C33H65O16P/c1-2-3-4-5-6-7-8-9-10-11-12-13-14-15-16-17-18-46-50(42,43)49-23(21-44-32-30(40)28(38)26(36)24(19-34)47-32)22-45-33-31(41)29(39)27(37)25(20-35)48-33/h23-41H,2-22H2,1H3,(H,42,43)/t23?,24-,25-,26-,27-,28-,29+,30+,31+,32+,33+/m1/s1. The molecule has 0 bridgehead atoms. The van der Waals surface area contributed by atoms with Gasteiger partial charge < -0.3 is 64.7 Å². The Balaban J connectivity index is 1.76. The highest BCUT2D eigenvalue weighted by Crippen LogP contribution is 2.45. The van der Waals surface area contributed by atoms with Crippen molar-refractivity contribution in [2.24, 2.45) is 0 Å². The first kappa shape index (κ1) is 45.8. The van der Waals surface area contributed by atoms with Gasteiger partial charge in [0.2, 0.25) is 0 Å². The van der Waals surface area contributed by atoms with Gasteiger partial charge in [-0.25, -0.2) is 4.57 Å². The van der Waals surface area contributed by atoms with E-state index in [2.05, 4.69) is 6.92 Å². The quantitative estimate of drug-likeness (QED) is 0.0405. The molecular formula is C33H65O16P. The van der Waals surface area contributed by atoms with Gasteiger partial charge >= 0.3 is 7.82 Å². The molecule has 2 aliphatic rings. The highest BCUT2D eigenvalue weighted by molar-refractivity contribution is 7.47. The van der Waals surface area contributed by atoms with Gasteiger partial charge in [-0.15, -0.1) is 0 Å². The SMILES string of the molecule is CCCCCCCCCCCCCCCCCCOP(=O)(O)OC(CO[C@H]1O[C@H](CO)[C@@H](O)[C@H](O)[C@@H]1O)CO[C@H]1O[C@H](CO)[C@@H](O)[C@@H](O)[C@@H]1O. The molecule has 16 nitrogen and oxygen atoms in total. The van der Waals surface area contributed by atoms with Gasteiger partial charge in [0.1, 0.15) is 54.9 Å². The molecule has 2 unspecified atom stereocenters. The third-order valence-corrected chi connectivity index (χ3v) is 10.2. The van der Waals surface area contributed by atoms with E-state index in [1.807, 2.05) is 0 Å². The Morgan fingerprint density at radius 3 is 1.28 bits per heavy atom. The second-order valence-corrected chi connectivity index (χ2v) is 14.8. The summed E-state index contributed by atoms with van der Waals surface area (Å²) in [5, 5.41) is 79.6. The molecule has 0 aromatic rings. The Hall–Kier alpha value is -0.370. The minimum atomic E-state index is -4.71. The van der Waals surface area contributed by atoms with Crippen molar-refractivity contribution in [3.05, 3.63) is 0 Å². The summed E-state index contributed by atoms with van der Waals surface area (Å²) in [6.45, 7) is -0.479. The van der Waals surface area contributed by atoms with Crippen molar-refractivity contribution < 1.29 is 78.3 Å². The van der Waals surface area contributed by atoms with Crippen molar-refractivity contribution in [1.29, 1.82) is 0 Å². The lowest BCUT2D eigenvalue weighted by Crippen LogP contribution is -2.60. The van der Waals surface area contributed by atoms with Gasteiger partial charge in [-0.1, -0.05) is 103 Å². The molecule has 17 heteroatoms. The molecule has 9 N–H and O–H groups in total. The van der Waals surface area contributed by atoms with E-state index in [0.29, 0.717) is 6.42 Å². The topological polar surface area (TPSA) is 255 Å². The summed E-state index contributed by atoms with van der Waals surface area (Å²) >= 11 is 0. The van der Waals surface area contributed by atoms with Gasteiger partial charge in [0.15, 0.2) is 12.6 Å². The van der Waals surface area contributed by atoms with E-state index >= 15 is 0 Å². The van der Waals surface area contributed by atoms with E-state index in [9.17, 15) is 50.3 Å². The number of aliphatic hydroxyl groups excluding tert-OH is 8. The Bertz CT molecular complexity index is 860. The van der Waals surface area contributed by atoms with Crippen LogP contribution in [0.4, 0.5) is 0 Å². The number of ether oxygens (including phenoxy) is 4. The minimum absolute atomic E-state index is 0.0694. The molecule has 0 radical (unpaired) electrons. The van der Waals surface area contributed by atoms with Crippen molar-refractivity contribution in [3.63, 3.8) is 0 Å². The van der Waals surface area contributed by atoms with Crippen LogP contribution in [0.25, 0.3) is 0 Å². The van der Waals surface area contributed by atoms with Crippen molar-refractivity contribution in [1.82, 2.24) is 0 Å². The smallest absolute Gasteiger partial charge is 0.394 e. The lowest BCUT2D eigenvalue weighted by molar-refractivity contribution is -0.313. The van der Waals surface area contributed by atoms with E-state index in [1.165, 1.54) is 70.6 Å². The molecular weight excluding hydrogens is 683 g/mol. The first-order chi connectivity index (χ1) is 23.9. The first-order valence-corrected chi connectivity index (χ1v) is 19.9. The normalized spacial score (nSPS) is 32.2. The Morgan fingerprint density at radius 1 is 0.560 bits per heavy atom. The van der Waals surface area contributed by atoms with E-state index in [0.717, 1.165) is 25.7 Å². The Morgan fingerprint density at radius 2 is 0.920 bits per heavy atom. The molecule has 0 spiro atoms. The van der Waals surface area contributed by atoms with Crippen LogP contribution in [0, 0.1) is 0 Å². The number of phosphoric ester groups is 1. The van der Waals surface area contributed by atoms with E-state index in [1.54, 1.807) is 0 Å². The third-order valence-electron chi connectivity index (χ3n) is 9.12. The van der Waals surface area contributed by atoms with Crippen LogP contribution < -0.4 is 0 Å². The highest BCUT2D eigenvalue weighted by Gasteiger charge is 2.46. The summed E-state index contributed by atoms with van der Waals surface area (Å²) in [6.07, 6.45) is 1.42. The molecule has 0 aromatic heterocycles. The predicted octanol–water partition coefficient (Wildman–Crippen LogP) is 1.38. The van der Waals surface area contributed by atoms with Crippen LogP contribution in [0.2, 0.25) is 0 Å². The molecule has 0 saturated carbocycles. The van der Waals surface area contributed by atoms with Crippen molar-refractivity contribution in [2.75, 3.05) is 33.0 Å². The molecule has 0 aliphatic carbocycles. The number of aliphatic hydroxyl groups is 8. The number of rotatable bonds is 28. The molecule has 2 rings (SSSR count). The minimum Gasteiger partial charge on any atom is -0.394 e. The largest absolute Gasteiger partial charge is 0.472 e. The maximum atomic E-state index is 12.8. The Kier molecular flexibility index (Phi) is 23.5. The van der Waals surface area contributed by atoms with Gasteiger partial charge in [-0.2, -0.15) is 0 Å². The van der Waals surface area contributed by atoms with E-state index < -0.39 is 102 Å². The van der Waals surface area contributed by atoms with Crippen LogP contribution in [0.5, 0.6) is 0 Å². The van der Waals surface area contributed by atoms with Gasteiger partial charge in [0.05, 0.1) is 33.0 Å². The van der Waals surface area contributed by atoms with Crippen LogP contribution >= 0.6 is 7.82 Å². The molecule has 50 heavy (non-hydrogen) atoms. The van der Waals surface area contributed by atoms with E-state index in [4.69, 9.17) is 28.0 Å². The molecule has 2 aliphatic heterocycles. The fraction of sp³-hybridized carbons (Fsp3) is 1.00. The van der Waals surface area contributed by atoms with Gasteiger partial charge in [-0.3, -0.25) is 9.05 Å². The fourth-order valence-electron chi connectivity index (χ4n) is 5.97. The average molecular weight is 749 g/mol. The Labute approximate surface area is 296 Å². The van der Waals surface area contributed by atoms with E-state index in [-0.39, 0.29) is 6.61 Å². The monoisotopic (exact) mass is 748 g/mol. The second kappa shape index (κ2) is 25.6. The summed E-state index contributed by atoms with van der Waals surface area (Å²) in [5.41, 5.74) is 0. The van der Waals surface area contributed by atoms with Crippen molar-refractivity contribution in [3.8, 4) is 0 Å². The molecule has 0 amide bonds. The van der Waals surface area contributed by atoms with Crippen LogP contribution in [0.1, 0.15) is 110 Å². The summed E-state index contributed by atoms with van der Waals surface area (Å²) in [4.78, 5) is 10.4. The molecule has 2 saturated heterocycles. The van der Waals surface area contributed by atoms with Gasteiger partial charge in [0, 0.05) is 0 Å². The lowest BCUT2D eigenvalue weighted by Gasteiger charge is -2.40. The van der Waals surface area contributed by atoms with Crippen molar-refractivity contribution in [2.45, 2.75) is 177 Å². The summed E-state index contributed by atoms with van der Waals surface area (Å²) < 4.78 is 44.8. The molecule has 12 atom stereocenters. The van der Waals surface area contributed by atoms with Crippen LogP contribution in [-0.2, 0) is 32.6 Å². The second-order valence-electron chi connectivity index (χ2n) is 13.4. The average Bonchev–Trinajstić information content (AvgIpc) is 3.10. The number of phosphoric acid groups is 1. The van der Waals surface area contributed by atoms with Crippen molar-refractivity contribution >= 4 is 7.82 Å². The highest BCUT2D eigenvalue weighted by atomic mass is 31.2.